The fraction of sp³-hybridized carbons (Fsp3) is 0.150. The first-order valence-corrected chi connectivity index (χ1v) is 10.0. The molecule has 0 atom stereocenters. The number of halogens is 4. The third-order valence-corrected chi connectivity index (χ3v) is 5.36. The standard InChI is InChI=1S/C18H15Cl2N3O2.C2Cl2O2/c1-18(2,16(20)25)17-22-14(10-5-7-21-8-6-10)15(23-17)11-3-4-12(19)13(24)9-11;3-1(5)2(4)6/h3-9,24H,1-2H3,(H,22,23);. The Morgan fingerprint density at radius 3 is 2.03 bits per heavy atom. The summed E-state index contributed by atoms with van der Waals surface area (Å²) in [6.45, 7) is 3.39. The maximum Gasteiger partial charge on any atom is 0.304 e. The van der Waals surface area contributed by atoms with Crippen molar-refractivity contribution in [3.63, 3.8) is 0 Å². The van der Waals surface area contributed by atoms with Gasteiger partial charge in [0.05, 0.1) is 21.8 Å². The van der Waals surface area contributed by atoms with Crippen LogP contribution in [0.1, 0.15) is 19.7 Å². The summed E-state index contributed by atoms with van der Waals surface area (Å²) < 4.78 is 0. The molecular weight excluding hydrogens is 488 g/mol. The second-order valence-electron chi connectivity index (χ2n) is 6.66. The van der Waals surface area contributed by atoms with Crippen molar-refractivity contribution in [2.24, 2.45) is 0 Å². The van der Waals surface area contributed by atoms with E-state index >= 15 is 0 Å². The number of carbonyl (C=O) groups is 3. The minimum absolute atomic E-state index is 0.0444. The predicted molar refractivity (Wildman–Crippen MR) is 120 cm³/mol. The number of aromatic hydroxyl groups is 1. The van der Waals surface area contributed by atoms with Crippen LogP contribution < -0.4 is 0 Å². The number of nitrogens with zero attached hydrogens (tertiary/aromatic N) is 2. The average molecular weight is 503 g/mol. The van der Waals surface area contributed by atoms with E-state index in [0.717, 1.165) is 5.56 Å². The number of aromatic amines is 1. The van der Waals surface area contributed by atoms with Crippen LogP contribution in [0.3, 0.4) is 0 Å². The van der Waals surface area contributed by atoms with Crippen molar-refractivity contribution >= 4 is 62.1 Å². The molecule has 11 heteroatoms. The zero-order valence-electron chi connectivity index (χ0n) is 16.1. The van der Waals surface area contributed by atoms with Gasteiger partial charge in [-0.15, -0.1) is 0 Å². The lowest BCUT2D eigenvalue weighted by Gasteiger charge is -2.15. The van der Waals surface area contributed by atoms with E-state index in [-0.39, 0.29) is 10.8 Å². The number of aromatic nitrogens is 3. The number of hydrogen-bond acceptors (Lipinski definition) is 6. The number of rotatable bonds is 5. The van der Waals surface area contributed by atoms with Gasteiger partial charge in [-0.1, -0.05) is 17.7 Å². The Balaban J connectivity index is 0.000000501. The molecule has 0 unspecified atom stereocenters. The predicted octanol–water partition coefficient (Wildman–Crippen LogP) is 5.06. The van der Waals surface area contributed by atoms with Crippen LogP contribution in [0.15, 0.2) is 42.7 Å². The molecule has 0 saturated heterocycles. The molecule has 2 heterocycles. The minimum atomic E-state index is -1.14. The molecular formula is C20H15Cl4N3O4. The molecule has 2 aromatic heterocycles. The molecule has 2 N–H and O–H groups in total. The zero-order valence-corrected chi connectivity index (χ0v) is 19.1. The van der Waals surface area contributed by atoms with E-state index in [1.165, 1.54) is 6.07 Å². The highest BCUT2D eigenvalue weighted by Crippen LogP contribution is 2.36. The topological polar surface area (TPSA) is 113 Å². The molecule has 1 aromatic carbocycles. The smallest absolute Gasteiger partial charge is 0.304 e. The molecule has 0 radical (unpaired) electrons. The lowest BCUT2D eigenvalue weighted by atomic mass is 9.95. The Bertz CT molecular complexity index is 1120. The van der Waals surface area contributed by atoms with E-state index < -0.39 is 21.1 Å². The Morgan fingerprint density at radius 1 is 0.968 bits per heavy atom. The van der Waals surface area contributed by atoms with Gasteiger partial charge in [-0.2, -0.15) is 0 Å². The van der Waals surface area contributed by atoms with Crippen LogP contribution in [0.5, 0.6) is 5.75 Å². The van der Waals surface area contributed by atoms with Crippen molar-refractivity contribution < 1.29 is 19.5 Å². The molecule has 0 aliphatic heterocycles. The molecule has 0 aliphatic carbocycles. The van der Waals surface area contributed by atoms with Crippen LogP contribution in [-0.4, -0.2) is 35.8 Å². The highest BCUT2D eigenvalue weighted by atomic mass is 35.5. The van der Waals surface area contributed by atoms with Gasteiger partial charge >= 0.3 is 10.5 Å². The van der Waals surface area contributed by atoms with Gasteiger partial charge < -0.3 is 10.1 Å². The Hall–Kier alpha value is -2.45. The number of nitrogens with one attached hydrogen (secondary N) is 1. The fourth-order valence-corrected chi connectivity index (χ4v) is 2.57. The summed E-state index contributed by atoms with van der Waals surface area (Å²) in [5, 5.41) is 7.37. The Labute approximate surface area is 197 Å². The van der Waals surface area contributed by atoms with Crippen molar-refractivity contribution in [3.05, 3.63) is 53.6 Å². The van der Waals surface area contributed by atoms with Gasteiger partial charge in [0, 0.05) is 23.5 Å². The number of carbonyl (C=O) groups excluding carboxylic acids is 3. The summed E-state index contributed by atoms with van der Waals surface area (Å²) in [6, 6.07) is 8.53. The van der Waals surface area contributed by atoms with Crippen molar-refractivity contribution in [3.8, 4) is 28.3 Å². The largest absolute Gasteiger partial charge is 0.506 e. The number of hydrogen-bond donors (Lipinski definition) is 2. The summed E-state index contributed by atoms with van der Waals surface area (Å²) in [4.78, 5) is 42.4. The first kappa shape index (κ1) is 24.8. The maximum atomic E-state index is 11.8. The first-order chi connectivity index (χ1) is 14.4. The van der Waals surface area contributed by atoms with Crippen LogP contribution >= 0.6 is 46.4 Å². The quantitative estimate of drug-likeness (QED) is 0.372. The SMILES string of the molecule is CC(C)(C(=O)Cl)c1nc(-c2ccc(Cl)c(O)c2)c(-c2ccncc2)[nH]1.O=C(Cl)C(=O)Cl. The molecule has 0 fully saturated rings. The van der Waals surface area contributed by atoms with Gasteiger partial charge in [-0.25, -0.2) is 4.98 Å². The first-order valence-electron chi connectivity index (χ1n) is 8.54. The maximum absolute atomic E-state index is 11.8. The van der Waals surface area contributed by atoms with E-state index in [2.05, 4.69) is 38.2 Å². The third-order valence-electron chi connectivity index (χ3n) is 4.13. The molecule has 0 spiro atoms. The number of phenolic OH excluding ortho intramolecular Hbond substituents is 1. The molecule has 31 heavy (non-hydrogen) atoms. The monoisotopic (exact) mass is 501 g/mol. The van der Waals surface area contributed by atoms with Crippen molar-refractivity contribution in [2.75, 3.05) is 0 Å². The fourth-order valence-electron chi connectivity index (χ4n) is 2.36. The van der Waals surface area contributed by atoms with Gasteiger partial charge in [-0.3, -0.25) is 19.4 Å². The summed E-state index contributed by atoms with van der Waals surface area (Å²) in [5.74, 6) is 0.390. The normalized spacial score (nSPS) is 10.8. The van der Waals surface area contributed by atoms with Crippen molar-refractivity contribution in [1.29, 1.82) is 0 Å². The van der Waals surface area contributed by atoms with Gasteiger partial charge in [-0.05, 0) is 72.9 Å². The highest BCUT2D eigenvalue weighted by Gasteiger charge is 2.33. The molecule has 7 nitrogen and oxygen atoms in total. The Kier molecular flexibility index (Phi) is 8.20. The molecule has 3 aromatic rings. The van der Waals surface area contributed by atoms with E-state index in [1.807, 2.05) is 12.1 Å². The summed E-state index contributed by atoms with van der Waals surface area (Å²) in [6.07, 6.45) is 3.33. The number of benzene rings is 1. The van der Waals surface area contributed by atoms with E-state index in [9.17, 15) is 19.5 Å². The lowest BCUT2D eigenvalue weighted by molar-refractivity contribution is -0.127. The summed E-state index contributed by atoms with van der Waals surface area (Å²) >= 11 is 20.6. The lowest BCUT2D eigenvalue weighted by Crippen LogP contribution is -2.26. The van der Waals surface area contributed by atoms with E-state index in [4.69, 9.17) is 23.2 Å². The highest BCUT2D eigenvalue weighted by molar-refractivity contribution is 6.97. The van der Waals surface area contributed by atoms with Gasteiger partial charge in [0.25, 0.3) is 0 Å². The Morgan fingerprint density at radius 2 is 1.55 bits per heavy atom. The number of pyridine rings is 1. The zero-order chi connectivity index (χ0) is 23.3. The van der Waals surface area contributed by atoms with Crippen LogP contribution in [0.2, 0.25) is 5.02 Å². The average Bonchev–Trinajstić information content (AvgIpc) is 3.17. The van der Waals surface area contributed by atoms with Crippen LogP contribution in [-0.2, 0) is 19.8 Å². The third kappa shape index (κ3) is 6.04. The minimum Gasteiger partial charge on any atom is -0.506 e. The molecule has 0 aliphatic rings. The molecule has 162 valence electrons. The molecule has 0 amide bonds. The van der Waals surface area contributed by atoms with Crippen LogP contribution in [0.25, 0.3) is 22.5 Å². The van der Waals surface area contributed by atoms with Crippen molar-refractivity contribution in [1.82, 2.24) is 15.0 Å². The molecule has 0 saturated carbocycles. The number of H-pyrrole nitrogens is 1. The second kappa shape index (κ2) is 10.2. The van der Waals surface area contributed by atoms with Crippen LogP contribution in [0, 0.1) is 0 Å². The summed E-state index contributed by atoms with van der Waals surface area (Å²) in [7, 11) is 0. The van der Waals surface area contributed by atoms with Gasteiger partial charge in [0.1, 0.15) is 11.6 Å². The van der Waals surface area contributed by atoms with E-state index in [1.54, 1.807) is 38.4 Å². The van der Waals surface area contributed by atoms with Gasteiger partial charge in [0.15, 0.2) is 0 Å². The van der Waals surface area contributed by atoms with Crippen molar-refractivity contribution in [2.45, 2.75) is 19.3 Å². The van der Waals surface area contributed by atoms with Crippen LogP contribution in [0.4, 0.5) is 0 Å². The number of phenols is 1. The molecule has 0 bridgehead atoms. The summed E-state index contributed by atoms with van der Waals surface area (Å²) in [5.41, 5.74) is 1.80. The van der Waals surface area contributed by atoms with Gasteiger partial charge in [0.2, 0.25) is 5.24 Å². The number of imidazole rings is 1. The second-order valence-corrected chi connectivity index (χ2v) is 8.09. The van der Waals surface area contributed by atoms with E-state index in [0.29, 0.717) is 22.8 Å². The molecule has 3 rings (SSSR count).